The van der Waals surface area contributed by atoms with Crippen molar-refractivity contribution in [2.75, 3.05) is 5.73 Å². The molecule has 0 fully saturated rings. The summed E-state index contributed by atoms with van der Waals surface area (Å²) in [7, 11) is 0. The minimum absolute atomic E-state index is 0.331. The first-order valence-corrected chi connectivity index (χ1v) is 5.32. The molecule has 0 heterocycles. The van der Waals surface area contributed by atoms with E-state index in [-0.39, 0.29) is 5.82 Å². The molecule has 5 heteroatoms. The first-order valence-electron chi connectivity index (χ1n) is 5.32. The smallest absolute Gasteiger partial charge is 0.405 e. The summed E-state index contributed by atoms with van der Waals surface area (Å²) in [6.45, 7) is 3.49. The molecule has 0 saturated carbocycles. The molecule has 0 radical (unpaired) electrons. The van der Waals surface area contributed by atoms with E-state index in [0.29, 0.717) is 24.1 Å². The Kier molecular flexibility index (Phi) is 3.93. The molecule has 4 N–H and O–H groups in total. The van der Waals surface area contributed by atoms with Crippen molar-refractivity contribution in [1.29, 1.82) is 0 Å². The van der Waals surface area contributed by atoms with Gasteiger partial charge in [0.1, 0.15) is 11.4 Å². The van der Waals surface area contributed by atoms with Gasteiger partial charge in [-0.15, -0.1) is 0 Å². The van der Waals surface area contributed by atoms with Crippen LogP contribution < -0.4 is 11.5 Å². The molecule has 94 valence electrons. The SMILES string of the molecule is CC(C)(CCc1cc(F)ccc1N)OC(N)=O. The monoisotopic (exact) mass is 240 g/mol. The largest absolute Gasteiger partial charge is 0.444 e. The van der Waals surface area contributed by atoms with E-state index in [2.05, 4.69) is 0 Å². The van der Waals surface area contributed by atoms with Crippen LogP contribution in [0.3, 0.4) is 0 Å². The van der Waals surface area contributed by atoms with Gasteiger partial charge in [0, 0.05) is 5.69 Å². The van der Waals surface area contributed by atoms with Crippen LogP contribution in [0.1, 0.15) is 25.8 Å². The number of hydrogen-bond donors (Lipinski definition) is 2. The van der Waals surface area contributed by atoms with Crippen molar-refractivity contribution in [3.63, 3.8) is 0 Å². The van der Waals surface area contributed by atoms with Gasteiger partial charge in [-0.05, 0) is 50.5 Å². The van der Waals surface area contributed by atoms with Gasteiger partial charge in [-0.2, -0.15) is 0 Å². The van der Waals surface area contributed by atoms with E-state index < -0.39 is 11.7 Å². The number of anilines is 1. The molecule has 1 amide bonds. The third kappa shape index (κ3) is 4.30. The number of amides is 1. The van der Waals surface area contributed by atoms with E-state index in [1.165, 1.54) is 18.2 Å². The zero-order valence-electron chi connectivity index (χ0n) is 10.00. The second-order valence-electron chi connectivity index (χ2n) is 4.52. The highest BCUT2D eigenvalue weighted by Gasteiger charge is 2.21. The maximum atomic E-state index is 13.0. The van der Waals surface area contributed by atoms with Crippen molar-refractivity contribution in [3.8, 4) is 0 Å². The van der Waals surface area contributed by atoms with E-state index in [0.717, 1.165) is 0 Å². The van der Waals surface area contributed by atoms with E-state index in [1.54, 1.807) is 13.8 Å². The lowest BCUT2D eigenvalue weighted by molar-refractivity contribution is 0.0394. The standard InChI is InChI=1S/C12H17FN2O2/c1-12(2,17-11(15)16)6-5-8-7-9(13)3-4-10(8)14/h3-4,7H,5-6,14H2,1-2H3,(H2,15,16). The Balaban J connectivity index is 2.66. The van der Waals surface area contributed by atoms with Gasteiger partial charge in [-0.25, -0.2) is 9.18 Å². The second kappa shape index (κ2) is 5.03. The topological polar surface area (TPSA) is 78.3 Å². The third-order valence-electron chi connectivity index (χ3n) is 2.48. The number of nitrogens with two attached hydrogens (primary N) is 2. The number of nitrogen functional groups attached to an aromatic ring is 1. The summed E-state index contributed by atoms with van der Waals surface area (Å²) in [6.07, 6.45) is 0.218. The van der Waals surface area contributed by atoms with Crippen LogP contribution >= 0.6 is 0 Å². The van der Waals surface area contributed by atoms with E-state index in [9.17, 15) is 9.18 Å². The zero-order chi connectivity index (χ0) is 13.1. The zero-order valence-corrected chi connectivity index (χ0v) is 10.00. The summed E-state index contributed by atoms with van der Waals surface area (Å²) in [5, 5.41) is 0. The van der Waals surface area contributed by atoms with Crippen LogP contribution in [0.25, 0.3) is 0 Å². The van der Waals surface area contributed by atoms with Crippen molar-refractivity contribution in [1.82, 2.24) is 0 Å². The first kappa shape index (κ1) is 13.3. The Morgan fingerprint density at radius 3 is 2.71 bits per heavy atom. The number of carbonyl (C=O) groups excluding carboxylic acids is 1. The Labute approximate surface area is 99.7 Å². The molecule has 1 aromatic rings. The summed E-state index contributed by atoms with van der Waals surface area (Å²) in [5.74, 6) is -0.331. The predicted octanol–water partition coefficient (Wildman–Crippen LogP) is 2.21. The number of halogens is 1. The molecule has 17 heavy (non-hydrogen) atoms. The number of aryl methyl sites for hydroxylation is 1. The van der Waals surface area contributed by atoms with Gasteiger partial charge in [0.15, 0.2) is 0 Å². The van der Waals surface area contributed by atoms with Crippen LogP contribution in [0.5, 0.6) is 0 Å². The molecule has 0 bridgehead atoms. The minimum atomic E-state index is -0.817. The molecule has 0 atom stereocenters. The number of benzene rings is 1. The predicted molar refractivity (Wildman–Crippen MR) is 63.9 cm³/mol. The molecular formula is C12H17FN2O2. The summed E-state index contributed by atoms with van der Waals surface area (Å²) < 4.78 is 18.0. The molecule has 0 unspecified atom stereocenters. The quantitative estimate of drug-likeness (QED) is 0.792. The van der Waals surface area contributed by atoms with Crippen molar-refractivity contribution in [3.05, 3.63) is 29.6 Å². The van der Waals surface area contributed by atoms with E-state index >= 15 is 0 Å². The fourth-order valence-electron chi connectivity index (χ4n) is 1.55. The summed E-state index contributed by atoms with van der Waals surface area (Å²) in [5.41, 5.74) is 11.2. The molecule has 0 spiro atoms. The molecule has 0 aliphatic heterocycles. The number of ether oxygens (including phenoxy) is 1. The van der Waals surface area contributed by atoms with Crippen LogP contribution in [0.15, 0.2) is 18.2 Å². The van der Waals surface area contributed by atoms with Crippen molar-refractivity contribution in [2.24, 2.45) is 5.73 Å². The Hall–Kier alpha value is -1.78. The Bertz CT molecular complexity index is 419. The summed E-state index contributed by atoms with van der Waals surface area (Å²) >= 11 is 0. The molecule has 1 aromatic carbocycles. The van der Waals surface area contributed by atoms with Crippen LogP contribution in [0, 0.1) is 5.82 Å². The Morgan fingerprint density at radius 2 is 2.12 bits per heavy atom. The third-order valence-corrected chi connectivity index (χ3v) is 2.48. The second-order valence-corrected chi connectivity index (χ2v) is 4.52. The highest BCUT2D eigenvalue weighted by Crippen LogP contribution is 2.21. The molecule has 0 aliphatic carbocycles. The number of rotatable bonds is 4. The molecular weight excluding hydrogens is 223 g/mol. The summed E-state index contributed by atoms with van der Waals surface area (Å²) in [4.78, 5) is 10.7. The van der Waals surface area contributed by atoms with Gasteiger partial charge in [-0.3, -0.25) is 0 Å². The summed E-state index contributed by atoms with van der Waals surface area (Å²) in [6, 6.07) is 4.21. The molecule has 0 aliphatic rings. The number of carbonyl (C=O) groups is 1. The maximum Gasteiger partial charge on any atom is 0.405 e. The van der Waals surface area contributed by atoms with Gasteiger partial charge in [0.05, 0.1) is 0 Å². The van der Waals surface area contributed by atoms with Gasteiger partial charge in [-0.1, -0.05) is 0 Å². The van der Waals surface area contributed by atoms with Gasteiger partial charge in [0.2, 0.25) is 0 Å². The maximum absolute atomic E-state index is 13.0. The van der Waals surface area contributed by atoms with Crippen molar-refractivity contribution in [2.45, 2.75) is 32.3 Å². The fourth-order valence-corrected chi connectivity index (χ4v) is 1.55. The average Bonchev–Trinajstić information content (AvgIpc) is 2.17. The fraction of sp³-hybridized carbons (Fsp3) is 0.417. The normalized spacial score (nSPS) is 11.2. The highest BCUT2D eigenvalue weighted by atomic mass is 19.1. The Morgan fingerprint density at radius 1 is 1.47 bits per heavy atom. The lowest BCUT2D eigenvalue weighted by atomic mass is 9.97. The van der Waals surface area contributed by atoms with Gasteiger partial charge in [0.25, 0.3) is 0 Å². The van der Waals surface area contributed by atoms with Crippen molar-refractivity contribution < 1.29 is 13.9 Å². The lowest BCUT2D eigenvalue weighted by Gasteiger charge is -2.24. The van der Waals surface area contributed by atoms with E-state index in [4.69, 9.17) is 16.2 Å². The van der Waals surface area contributed by atoms with E-state index in [1.807, 2.05) is 0 Å². The molecule has 1 rings (SSSR count). The van der Waals surface area contributed by atoms with Crippen LogP contribution in [-0.4, -0.2) is 11.7 Å². The highest BCUT2D eigenvalue weighted by molar-refractivity contribution is 5.65. The number of hydrogen-bond acceptors (Lipinski definition) is 3. The molecule has 0 aromatic heterocycles. The van der Waals surface area contributed by atoms with Crippen LogP contribution in [0.4, 0.5) is 14.9 Å². The minimum Gasteiger partial charge on any atom is -0.444 e. The van der Waals surface area contributed by atoms with Crippen molar-refractivity contribution >= 4 is 11.8 Å². The molecule has 0 saturated heterocycles. The van der Waals surface area contributed by atoms with Gasteiger partial charge >= 0.3 is 6.09 Å². The lowest BCUT2D eigenvalue weighted by Crippen LogP contribution is -2.31. The first-order chi connectivity index (χ1) is 7.80. The van der Waals surface area contributed by atoms with Crippen LogP contribution in [-0.2, 0) is 11.2 Å². The van der Waals surface area contributed by atoms with Gasteiger partial charge < -0.3 is 16.2 Å². The molecule has 4 nitrogen and oxygen atoms in total. The number of primary amides is 1. The van der Waals surface area contributed by atoms with Crippen LogP contribution in [0.2, 0.25) is 0 Å². The average molecular weight is 240 g/mol.